The van der Waals surface area contributed by atoms with Gasteiger partial charge >= 0.3 is 12.1 Å². The van der Waals surface area contributed by atoms with E-state index in [0.717, 1.165) is 12.1 Å². The van der Waals surface area contributed by atoms with Crippen LogP contribution in [0.5, 0.6) is 0 Å². The number of carbonyl (C=O) groups is 2. The molecule has 1 fully saturated rings. The highest BCUT2D eigenvalue weighted by Gasteiger charge is 2.40. The highest BCUT2D eigenvalue weighted by molar-refractivity contribution is 7.89. The van der Waals surface area contributed by atoms with E-state index in [4.69, 9.17) is 9.15 Å². The summed E-state index contributed by atoms with van der Waals surface area (Å²) >= 11 is 0. The maximum atomic E-state index is 13.4. The summed E-state index contributed by atoms with van der Waals surface area (Å²) in [4.78, 5) is 26.4. The van der Waals surface area contributed by atoms with Gasteiger partial charge in [-0.1, -0.05) is 42.5 Å². The molecule has 0 unspecified atom stereocenters. The van der Waals surface area contributed by atoms with Gasteiger partial charge in [0.05, 0.1) is 17.2 Å². The van der Waals surface area contributed by atoms with Crippen LogP contribution in [0.4, 0.5) is 13.2 Å². The molecule has 1 saturated heterocycles. The van der Waals surface area contributed by atoms with E-state index in [9.17, 15) is 31.2 Å². The Labute approximate surface area is 253 Å². The van der Waals surface area contributed by atoms with E-state index >= 15 is 0 Å². The molecule has 7 nitrogen and oxygen atoms in total. The van der Waals surface area contributed by atoms with Gasteiger partial charge in [0.25, 0.3) is 10.0 Å². The van der Waals surface area contributed by atoms with Crippen LogP contribution in [-0.4, -0.2) is 42.7 Å². The number of para-hydroxylation sites is 1. The molecule has 0 radical (unpaired) electrons. The summed E-state index contributed by atoms with van der Waals surface area (Å²) in [7, 11) is -4.05. The first-order valence-electron chi connectivity index (χ1n) is 14.2. The number of rotatable bonds is 8. The summed E-state index contributed by atoms with van der Waals surface area (Å²) in [6.07, 6.45) is -3.35. The Kier molecular flexibility index (Phi) is 8.48. The van der Waals surface area contributed by atoms with E-state index in [1.165, 1.54) is 28.6 Å². The van der Waals surface area contributed by atoms with E-state index < -0.39 is 39.4 Å². The van der Waals surface area contributed by atoms with Crippen LogP contribution >= 0.6 is 0 Å². The van der Waals surface area contributed by atoms with Gasteiger partial charge in [-0.05, 0) is 81.0 Å². The van der Waals surface area contributed by atoms with Gasteiger partial charge in [0.15, 0.2) is 5.78 Å². The minimum Gasteiger partial charge on any atom is -0.456 e. The highest BCUT2D eigenvalue weighted by atomic mass is 32.2. The minimum absolute atomic E-state index is 0.0229. The lowest BCUT2D eigenvalue weighted by Gasteiger charge is -2.22. The fourth-order valence-corrected chi connectivity index (χ4v) is 6.95. The number of furan rings is 1. The summed E-state index contributed by atoms with van der Waals surface area (Å²) < 4.78 is 78.8. The predicted octanol–water partition coefficient (Wildman–Crippen LogP) is 7.43. The molecule has 0 aliphatic carbocycles. The van der Waals surface area contributed by atoms with Crippen LogP contribution in [0, 0.1) is 0 Å². The molecule has 1 atom stereocenters. The zero-order chi connectivity index (χ0) is 31.9. The first-order valence-corrected chi connectivity index (χ1v) is 15.6. The number of alkyl halides is 3. The summed E-state index contributed by atoms with van der Waals surface area (Å²) in [6, 6.07) is 16.9. The number of hydrogen-bond acceptors (Lipinski definition) is 6. The molecule has 2 heterocycles. The molecule has 1 aromatic heterocycles. The normalized spacial score (nSPS) is 16.4. The van der Waals surface area contributed by atoms with Crippen molar-refractivity contribution in [3.05, 3.63) is 89.5 Å². The van der Waals surface area contributed by atoms with Crippen molar-refractivity contribution in [1.29, 1.82) is 0 Å². The number of benzene rings is 3. The molecule has 0 bridgehead atoms. The third-order valence-electron chi connectivity index (χ3n) is 7.43. The maximum Gasteiger partial charge on any atom is 0.416 e. The van der Waals surface area contributed by atoms with Gasteiger partial charge in [-0.2, -0.15) is 17.5 Å². The van der Waals surface area contributed by atoms with Crippen molar-refractivity contribution in [3.63, 3.8) is 0 Å². The molecule has 4 aromatic rings. The van der Waals surface area contributed by atoms with Gasteiger partial charge < -0.3 is 9.15 Å². The number of halogens is 3. The van der Waals surface area contributed by atoms with E-state index in [-0.39, 0.29) is 35.8 Å². The van der Waals surface area contributed by atoms with Gasteiger partial charge in [-0.3, -0.25) is 4.79 Å². The van der Waals surface area contributed by atoms with E-state index in [1.54, 1.807) is 57.2 Å². The number of fused-ring (bicyclic) bond motifs is 1. The number of aryl methyl sites for hydroxylation is 1. The predicted molar refractivity (Wildman–Crippen MR) is 159 cm³/mol. The second kappa shape index (κ2) is 11.9. The topological polar surface area (TPSA) is 93.9 Å². The summed E-state index contributed by atoms with van der Waals surface area (Å²) in [5.74, 6) is -0.887. The standard InChI is InChI=1S/C33H32F3NO6S/c1-32(2,3)43-31(39)25-16-10-21(19-26(25)22-12-14-24(15-13-22)33(34,35)36)11-17-28(38)27-8-6-18-37(27)44(40,41)30-20-23-7-4-5-9-29(23)42-30/h4-5,7,9-10,12-16,19-20,27H,6,8,11,17-18H2,1-3H3/t27-/m0/s1. The van der Waals surface area contributed by atoms with Gasteiger partial charge in [0.2, 0.25) is 5.09 Å². The lowest BCUT2D eigenvalue weighted by molar-refractivity contribution is -0.137. The first kappa shape index (κ1) is 31.5. The molecule has 44 heavy (non-hydrogen) atoms. The number of sulfonamides is 1. The molecule has 0 amide bonds. The monoisotopic (exact) mass is 627 g/mol. The van der Waals surface area contributed by atoms with Crippen molar-refractivity contribution in [3.8, 4) is 11.1 Å². The Balaban J connectivity index is 1.37. The van der Waals surface area contributed by atoms with Crippen LogP contribution in [0.2, 0.25) is 0 Å². The smallest absolute Gasteiger partial charge is 0.416 e. The van der Waals surface area contributed by atoms with Crippen LogP contribution in [0.15, 0.2) is 82.3 Å². The van der Waals surface area contributed by atoms with E-state index in [0.29, 0.717) is 40.5 Å². The van der Waals surface area contributed by atoms with Crippen LogP contribution in [0.1, 0.15) is 61.5 Å². The molecule has 232 valence electrons. The van der Waals surface area contributed by atoms with Crippen molar-refractivity contribution < 1.29 is 40.3 Å². The summed E-state index contributed by atoms with van der Waals surface area (Å²) in [5, 5.41) is 0.434. The Hall–Kier alpha value is -3.96. The van der Waals surface area contributed by atoms with Gasteiger partial charge in [-0.15, -0.1) is 0 Å². The number of ketones is 1. The quantitative estimate of drug-likeness (QED) is 0.189. The SMILES string of the molecule is CC(C)(C)OC(=O)c1ccc(CCC(=O)[C@@H]2CCCN2S(=O)(=O)c2cc3ccccc3o2)cc1-c1ccc(C(F)(F)F)cc1. The molecular weight excluding hydrogens is 595 g/mol. The third kappa shape index (κ3) is 6.73. The number of nitrogens with zero attached hydrogens (tertiary/aromatic N) is 1. The fraction of sp³-hybridized carbons (Fsp3) is 0.333. The van der Waals surface area contributed by atoms with Crippen LogP contribution in [0.3, 0.4) is 0 Å². The average molecular weight is 628 g/mol. The minimum atomic E-state index is -4.51. The molecule has 1 aliphatic rings. The third-order valence-corrected chi connectivity index (χ3v) is 9.19. The molecule has 5 rings (SSSR count). The van der Waals surface area contributed by atoms with Crippen LogP contribution in [0.25, 0.3) is 22.1 Å². The first-order chi connectivity index (χ1) is 20.6. The molecule has 1 aliphatic heterocycles. The molecular formula is C33H32F3NO6S. The number of hydrogen-bond donors (Lipinski definition) is 0. The van der Waals surface area contributed by atoms with Crippen molar-refractivity contribution in [2.45, 2.75) is 69.4 Å². The molecule has 0 N–H and O–H groups in total. The Morgan fingerprint density at radius 3 is 2.34 bits per heavy atom. The van der Waals surface area contributed by atoms with Crippen molar-refractivity contribution in [2.75, 3.05) is 6.54 Å². The second-order valence-electron chi connectivity index (χ2n) is 11.8. The van der Waals surface area contributed by atoms with Gasteiger partial charge in [0.1, 0.15) is 11.2 Å². The van der Waals surface area contributed by atoms with Crippen molar-refractivity contribution in [1.82, 2.24) is 4.31 Å². The van der Waals surface area contributed by atoms with Crippen molar-refractivity contribution >= 4 is 32.7 Å². The Bertz CT molecular complexity index is 1770. The number of esters is 1. The van der Waals surface area contributed by atoms with E-state index in [1.807, 2.05) is 0 Å². The van der Waals surface area contributed by atoms with Crippen molar-refractivity contribution in [2.24, 2.45) is 0 Å². The molecule has 0 saturated carbocycles. The van der Waals surface area contributed by atoms with Crippen LogP contribution in [-0.2, 0) is 32.2 Å². The maximum absolute atomic E-state index is 13.4. The lowest BCUT2D eigenvalue weighted by Crippen LogP contribution is -2.40. The van der Waals surface area contributed by atoms with Gasteiger partial charge in [0, 0.05) is 24.4 Å². The number of carbonyl (C=O) groups excluding carboxylic acids is 2. The van der Waals surface area contributed by atoms with E-state index in [2.05, 4.69) is 0 Å². The fourth-order valence-electron chi connectivity index (χ4n) is 5.32. The van der Waals surface area contributed by atoms with Crippen LogP contribution < -0.4 is 0 Å². The summed E-state index contributed by atoms with van der Waals surface area (Å²) in [6.45, 7) is 5.33. The second-order valence-corrected chi connectivity index (χ2v) is 13.6. The number of Topliss-reactive ketones (excluding diaryl/α,β-unsaturated/α-hetero) is 1. The van der Waals surface area contributed by atoms with Gasteiger partial charge in [-0.25, -0.2) is 13.2 Å². The average Bonchev–Trinajstić information content (AvgIpc) is 3.63. The highest BCUT2D eigenvalue weighted by Crippen LogP contribution is 2.34. The Morgan fingerprint density at radius 1 is 0.977 bits per heavy atom. The molecule has 0 spiro atoms. The Morgan fingerprint density at radius 2 is 1.68 bits per heavy atom. The molecule has 11 heteroatoms. The molecule has 3 aromatic carbocycles. The largest absolute Gasteiger partial charge is 0.456 e. The zero-order valence-electron chi connectivity index (χ0n) is 24.5. The number of ether oxygens (including phenoxy) is 1. The summed E-state index contributed by atoms with van der Waals surface area (Å²) in [5.41, 5.74) is 0.403. The zero-order valence-corrected chi connectivity index (χ0v) is 25.3. The lowest BCUT2D eigenvalue weighted by atomic mass is 9.94.